The van der Waals surface area contributed by atoms with Gasteiger partial charge in [-0.2, -0.15) is 0 Å². The van der Waals surface area contributed by atoms with Gasteiger partial charge in [-0.15, -0.1) is 0 Å². The smallest absolute Gasteiger partial charge is 0.118 e. The van der Waals surface area contributed by atoms with Crippen LogP contribution in [-0.2, 0) is 4.57 Å². The van der Waals surface area contributed by atoms with Crippen molar-refractivity contribution in [1.29, 1.82) is 0 Å². The lowest BCUT2D eigenvalue weighted by Gasteiger charge is -2.01. The van der Waals surface area contributed by atoms with Crippen LogP contribution in [-0.4, -0.2) is 32.9 Å². The summed E-state index contributed by atoms with van der Waals surface area (Å²) in [5, 5.41) is 0. The Bertz CT molecular complexity index is 378. The van der Waals surface area contributed by atoms with Crippen LogP contribution in [0.5, 0.6) is 5.75 Å². The average molecular weight is 225 g/mol. The van der Waals surface area contributed by atoms with E-state index in [0.717, 1.165) is 11.3 Å². The molecule has 0 N–H and O–H groups in total. The van der Waals surface area contributed by atoms with Gasteiger partial charge in [0, 0.05) is 6.21 Å². The normalized spacial score (nSPS) is 11.9. The highest BCUT2D eigenvalue weighted by Crippen LogP contribution is 2.35. The molecule has 3 nitrogen and oxygen atoms in total. The Morgan fingerprint density at radius 3 is 2.40 bits per heavy atom. The van der Waals surface area contributed by atoms with Crippen LogP contribution in [0.3, 0.4) is 0 Å². The summed E-state index contributed by atoms with van der Waals surface area (Å²) in [5.41, 5.74) is 0.990. The predicted molar refractivity (Wildman–Crippen MR) is 64.9 cm³/mol. The van der Waals surface area contributed by atoms with Gasteiger partial charge in [-0.25, -0.2) is 0 Å². The number of aliphatic imine (C=N–C) groups is 1. The van der Waals surface area contributed by atoms with Gasteiger partial charge in [0.15, 0.2) is 0 Å². The number of ether oxygens (including phenoxy) is 1. The van der Waals surface area contributed by atoms with Crippen molar-refractivity contribution in [2.75, 3.05) is 26.7 Å². The van der Waals surface area contributed by atoms with Gasteiger partial charge in [0.1, 0.15) is 12.9 Å². The summed E-state index contributed by atoms with van der Waals surface area (Å²) >= 11 is 0. The molecule has 0 radical (unpaired) electrons. The van der Waals surface area contributed by atoms with E-state index >= 15 is 0 Å². The number of nitrogens with zero attached hydrogens (tertiary/aromatic N) is 1. The van der Waals surface area contributed by atoms with Crippen molar-refractivity contribution >= 4 is 13.4 Å². The third-order valence-electron chi connectivity index (χ3n) is 1.78. The van der Waals surface area contributed by atoms with Crippen molar-refractivity contribution in [1.82, 2.24) is 0 Å². The summed E-state index contributed by atoms with van der Waals surface area (Å²) in [6.07, 6.45) is 2.14. The Morgan fingerprint density at radius 1 is 1.33 bits per heavy atom. The second-order valence-corrected chi connectivity index (χ2v) is 7.23. The molecule has 0 saturated heterocycles. The molecular weight excluding hydrogens is 209 g/mol. The van der Waals surface area contributed by atoms with Gasteiger partial charge in [0.2, 0.25) is 0 Å². The molecule has 1 aromatic carbocycles. The molecule has 4 heteroatoms. The lowest BCUT2D eigenvalue weighted by atomic mass is 10.2. The third-order valence-corrected chi connectivity index (χ3v) is 2.62. The highest BCUT2D eigenvalue weighted by molar-refractivity contribution is 7.62. The second-order valence-electron chi connectivity index (χ2n) is 3.80. The topological polar surface area (TPSA) is 38.7 Å². The maximum Gasteiger partial charge on any atom is 0.118 e. The number of rotatable bonds is 4. The van der Waals surface area contributed by atoms with Gasteiger partial charge >= 0.3 is 0 Å². The highest BCUT2D eigenvalue weighted by atomic mass is 31.2. The first-order chi connectivity index (χ1) is 7.01. The molecule has 1 aromatic rings. The molecule has 0 spiro atoms. The van der Waals surface area contributed by atoms with Crippen molar-refractivity contribution in [3.05, 3.63) is 29.8 Å². The molecule has 0 heterocycles. The van der Waals surface area contributed by atoms with Crippen LogP contribution in [0.25, 0.3) is 0 Å². The Kier molecular flexibility index (Phi) is 4.10. The van der Waals surface area contributed by atoms with E-state index < -0.39 is 7.14 Å². The molecule has 0 atom stereocenters. The third kappa shape index (κ3) is 4.80. The first-order valence-electron chi connectivity index (χ1n) is 4.69. The van der Waals surface area contributed by atoms with E-state index in [1.54, 1.807) is 26.7 Å². The van der Waals surface area contributed by atoms with Gasteiger partial charge in [-0.05, 0) is 43.2 Å². The van der Waals surface area contributed by atoms with Gasteiger partial charge in [-0.1, -0.05) is 0 Å². The van der Waals surface area contributed by atoms with Crippen molar-refractivity contribution < 1.29 is 9.30 Å². The maximum absolute atomic E-state index is 11.4. The Hall–Kier alpha value is -1.08. The SMILES string of the molecule is COc1ccc(/C=N/CP(C)(C)=O)cc1. The number of hydrogen-bond donors (Lipinski definition) is 0. The first kappa shape index (κ1) is 12.0. The zero-order valence-electron chi connectivity index (χ0n) is 9.30. The summed E-state index contributed by atoms with van der Waals surface area (Å²) in [6.45, 7) is 3.47. The van der Waals surface area contributed by atoms with Gasteiger partial charge in [0.05, 0.1) is 13.4 Å². The first-order valence-corrected chi connectivity index (χ1v) is 7.48. The molecule has 0 fully saturated rings. The van der Waals surface area contributed by atoms with Crippen LogP contribution in [0.2, 0.25) is 0 Å². The lowest BCUT2D eigenvalue weighted by molar-refractivity contribution is 0.415. The minimum absolute atomic E-state index is 0.402. The molecule has 15 heavy (non-hydrogen) atoms. The summed E-state index contributed by atoms with van der Waals surface area (Å²) in [7, 11) is -0.408. The molecule has 0 amide bonds. The molecule has 0 unspecified atom stereocenters. The molecule has 0 saturated carbocycles. The number of hydrogen-bond acceptors (Lipinski definition) is 3. The van der Waals surface area contributed by atoms with E-state index in [0.29, 0.717) is 6.29 Å². The molecule has 0 aliphatic rings. The van der Waals surface area contributed by atoms with Crippen LogP contribution < -0.4 is 4.74 Å². The quantitative estimate of drug-likeness (QED) is 0.583. The zero-order valence-corrected chi connectivity index (χ0v) is 10.2. The Morgan fingerprint density at radius 2 is 1.93 bits per heavy atom. The van der Waals surface area contributed by atoms with E-state index in [1.807, 2.05) is 24.3 Å². The molecule has 1 rings (SSSR count). The summed E-state index contributed by atoms with van der Waals surface area (Å²) < 4.78 is 16.4. The minimum Gasteiger partial charge on any atom is -0.497 e. The van der Waals surface area contributed by atoms with Gasteiger partial charge < -0.3 is 9.30 Å². The van der Waals surface area contributed by atoms with Crippen molar-refractivity contribution in [2.45, 2.75) is 0 Å². The second kappa shape index (κ2) is 5.13. The largest absolute Gasteiger partial charge is 0.497 e. The van der Waals surface area contributed by atoms with Crippen LogP contribution in [0, 0.1) is 0 Å². The van der Waals surface area contributed by atoms with E-state index in [1.165, 1.54) is 0 Å². The van der Waals surface area contributed by atoms with E-state index in [-0.39, 0.29) is 0 Å². The lowest BCUT2D eigenvalue weighted by Crippen LogP contribution is -1.86. The Balaban J connectivity index is 2.61. The average Bonchev–Trinajstić information content (AvgIpc) is 2.17. The summed E-state index contributed by atoms with van der Waals surface area (Å²) in [4.78, 5) is 4.14. The molecule has 0 aromatic heterocycles. The number of methoxy groups -OCH3 is 1. The fraction of sp³-hybridized carbons (Fsp3) is 0.364. The van der Waals surface area contributed by atoms with Crippen molar-refractivity contribution in [3.63, 3.8) is 0 Å². The Labute approximate surface area is 90.6 Å². The molecule has 82 valence electrons. The van der Waals surface area contributed by atoms with Crippen molar-refractivity contribution in [3.8, 4) is 5.75 Å². The standard InChI is InChI=1S/C11H16NO2P/c1-14-11-6-4-10(5-7-11)8-12-9-15(2,3)13/h4-8H,9H2,1-3H3/b12-8+. The van der Waals surface area contributed by atoms with Crippen LogP contribution >= 0.6 is 7.14 Å². The van der Waals surface area contributed by atoms with E-state index in [2.05, 4.69) is 4.99 Å². The highest BCUT2D eigenvalue weighted by Gasteiger charge is 2.03. The van der Waals surface area contributed by atoms with E-state index in [4.69, 9.17) is 4.74 Å². The summed E-state index contributed by atoms with van der Waals surface area (Å²) in [6, 6.07) is 7.58. The molecular formula is C11H16NO2P. The fourth-order valence-electron chi connectivity index (χ4n) is 1.03. The van der Waals surface area contributed by atoms with Crippen LogP contribution in [0.1, 0.15) is 5.56 Å². The van der Waals surface area contributed by atoms with E-state index in [9.17, 15) is 4.57 Å². The molecule has 0 bridgehead atoms. The summed E-state index contributed by atoms with van der Waals surface area (Å²) in [5.74, 6) is 0.823. The van der Waals surface area contributed by atoms with Crippen molar-refractivity contribution in [2.24, 2.45) is 4.99 Å². The van der Waals surface area contributed by atoms with Gasteiger partial charge in [-0.3, -0.25) is 4.99 Å². The van der Waals surface area contributed by atoms with Gasteiger partial charge in [0.25, 0.3) is 0 Å². The predicted octanol–water partition coefficient (Wildman–Crippen LogP) is 2.69. The fourth-order valence-corrected chi connectivity index (χ4v) is 1.51. The molecule has 0 aliphatic carbocycles. The maximum atomic E-state index is 11.4. The zero-order chi connectivity index (χ0) is 11.3. The van der Waals surface area contributed by atoms with Crippen LogP contribution in [0.4, 0.5) is 0 Å². The molecule has 0 aliphatic heterocycles. The minimum atomic E-state index is -2.04. The number of benzene rings is 1. The van der Waals surface area contributed by atoms with Crippen LogP contribution in [0.15, 0.2) is 29.3 Å². The monoisotopic (exact) mass is 225 g/mol.